The number of nitrogens with one attached hydrogen (secondary N) is 2. The van der Waals surface area contributed by atoms with Crippen LogP contribution in [0.5, 0.6) is 0 Å². The molecule has 10 heteroatoms. The van der Waals surface area contributed by atoms with Crippen LogP contribution >= 0.6 is 11.3 Å². The summed E-state index contributed by atoms with van der Waals surface area (Å²) in [6.07, 6.45) is -0.749. The maximum absolute atomic E-state index is 12.4. The lowest BCUT2D eigenvalue weighted by atomic mass is 10.0. The van der Waals surface area contributed by atoms with Crippen LogP contribution in [-0.2, 0) is 24.2 Å². The Morgan fingerprint density at radius 3 is 2.48 bits per heavy atom. The van der Waals surface area contributed by atoms with E-state index in [0.717, 1.165) is 0 Å². The highest BCUT2D eigenvalue weighted by Crippen LogP contribution is 2.13. The third-order valence-corrected chi connectivity index (χ3v) is 6.83. The van der Waals surface area contributed by atoms with Crippen LogP contribution in [0.25, 0.3) is 0 Å². The van der Waals surface area contributed by atoms with Crippen molar-refractivity contribution in [2.24, 2.45) is 5.92 Å². The second kappa shape index (κ2) is 8.83. The quantitative estimate of drug-likeness (QED) is 0.633. The minimum atomic E-state index is -3.12. The molecule has 2 N–H and O–H groups in total. The number of hydrogen-bond donors (Lipinski definition) is 2. The van der Waals surface area contributed by atoms with Crippen LogP contribution in [-0.4, -0.2) is 55.9 Å². The van der Waals surface area contributed by atoms with Gasteiger partial charge in [-0.2, -0.15) is 0 Å². The number of hydrogen-bond acceptors (Lipinski definition) is 7. The normalized spacial score (nSPS) is 20.7. The molecule has 2 rings (SSSR count). The van der Waals surface area contributed by atoms with E-state index in [9.17, 15) is 22.8 Å². The molecule has 150 valence electrons. The van der Waals surface area contributed by atoms with E-state index in [1.54, 1.807) is 31.4 Å². The van der Waals surface area contributed by atoms with E-state index in [-0.39, 0.29) is 23.3 Å². The van der Waals surface area contributed by atoms with Gasteiger partial charge in [-0.05, 0) is 30.7 Å². The van der Waals surface area contributed by atoms with Crippen LogP contribution < -0.4 is 10.6 Å². The van der Waals surface area contributed by atoms with Gasteiger partial charge in [0.1, 0.15) is 6.04 Å². The summed E-state index contributed by atoms with van der Waals surface area (Å²) < 4.78 is 28.1. The molecule has 0 aromatic carbocycles. The Labute approximate surface area is 162 Å². The van der Waals surface area contributed by atoms with Crippen LogP contribution in [0.4, 0.5) is 0 Å². The van der Waals surface area contributed by atoms with Crippen molar-refractivity contribution < 1.29 is 27.5 Å². The monoisotopic (exact) mass is 416 g/mol. The molecular formula is C17H24N2O6S2. The first-order chi connectivity index (χ1) is 12.6. The zero-order chi connectivity index (χ0) is 20.2. The molecule has 3 atom stereocenters. The summed E-state index contributed by atoms with van der Waals surface area (Å²) in [7, 11) is -3.12. The van der Waals surface area contributed by atoms with E-state index in [0.29, 0.717) is 11.3 Å². The van der Waals surface area contributed by atoms with Gasteiger partial charge in [0.05, 0.1) is 16.4 Å². The molecule has 1 fully saturated rings. The van der Waals surface area contributed by atoms with Gasteiger partial charge in [0.25, 0.3) is 11.8 Å². The average molecular weight is 417 g/mol. The molecule has 27 heavy (non-hydrogen) atoms. The highest BCUT2D eigenvalue weighted by Gasteiger charge is 2.32. The van der Waals surface area contributed by atoms with Gasteiger partial charge in [0.15, 0.2) is 15.9 Å². The summed E-state index contributed by atoms with van der Waals surface area (Å²) in [6, 6.07) is 2.01. The van der Waals surface area contributed by atoms with E-state index >= 15 is 0 Å². The summed E-state index contributed by atoms with van der Waals surface area (Å²) in [5, 5.41) is 6.98. The molecule has 0 aliphatic carbocycles. The van der Waals surface area contributed by atoms with Gasteiger partial charge in [-0.25, -0.2) is 13.2 Å². The predicted octanol–water partition coefficient (Wildman–Crippen LogP) is 0.738. The summed E-state index contributed by atoms with van der Waals surface area (Å²) in [4.78, 5) is 37.3. The van der Waals surface area contributed by atoms with E-state index in [1.165, 1.54) is 18.3 Å². The molecule has 1 aliphatic rings. The van der Waals surface area contributed by atoms with Crippen molar-refractivity contribution in [2.45, 2.75) is 45.4 Å². The zero-order valence-electron chi connectivity index (χ0n) is 15.4. The Morgan fingerprint density at radius 1 is 1.26 bits per heavy atom. The van der Waals surface area contributed by atoms with Crippen molar-refractivity contribution in [1.82, 2.24) is 10.6 Å². The maximum Gasteiger partial charge on any atom is 0.329 e. The number of carbonyl (C=O) groups is 3. The van der Waals surface area contributed by atoms with Crippen LogP contribution in [0.3, 0.4) is 0 Å². The van der Waals surface area contributed by atoms with Crippen LogP contribution in [0, 0.1) is 5.92 Å². The lowest BCUT2D eigenvalue weighted by Gasteiger charge is -2.23. The van der Waals surface area contributed by atoms with Crippen molar-refractivity contribution in [3.63, 3.8) is 0 Å². The molecule has 0 saturated carbocycles. The summed E-state index contributed by atoms with van der Waals surface area (Å²) in [5.74, 6) is -1.96. The molecule has 8 nitrogen and oxygen atoms in total. The van der Waals surface area contributed by atoms with Crippen LogP contribution in [0.15, 0.2) is 17.5 Å². The van der Waals surface area contributed by atoms with Gasteiger partial charge in [-0.3, -0.25) is 9.59 Å². The van der Waals surface area contributed by atoms with Crippen molar-refractivity contribution in [3.8, 4) is 0 Å². The molecule has 0 bridgehead atoms. The van der Waals surface area contributed by atoms with Gasteiger partial charge in [0, 0.05) is 6.04 Å². The van der Waals surface area contributed by atoms with Gasteiger partial charge < -0.3 is 15.4 Å². The lowest BCUT2D eigenvalue weighted by Crippen LogP contribution is -2.48. The number of thiophene rings is 1. The summed E-state index contributed by atoms with van der Waals surface area (Å²) in [5.41, 5.74) is 0. The maximum atomic E-state index is 12.4. The Morgan fingerprint density at radius 2 is 1.96 bits per heavy atom. The van der Waals surface area contributed by atoms with E-state index in [2.05, 4.69) is 10.6 Å². The topological polar surface area (TPSA) is 119 Å². The molecule has 1 aliphatic heterocycles. The summed E-state index contributed by atoms with van der Waals surface area (Å²) in [6.45, 7) is 4.93. The average Bonchev–Trinajstić information content (AvgIpc) is 3.21. The Kier molecular flexibility index (Phi) is 6.99. The van der Waals surface area contributed by atoms with Crippen LogP contribution in [0.1, 0.15) is 36.9 Å². The molecule has 0 spiro atoms. The number of rotatable bonds is 7. The molecule has 2 heterocycles. The largest absolute Gasteiger partial charge is 0.451 e. The second-order valence-electron chi connectivity index (χ2n) is 6.86. The highest BCUT2D eigenvalue weighted by atomic mass is 32.2. The van der Waals surface area contributed by atoms with Crippen molar-refractivity contribution in [1.29, 1.82) is 0 Å². The number of amides is 2. The Hall–Kier alpha value is -1.94. The fourth-order valence-corrected chi connectivity index (χ4v) is 4.95. The lowest BCUT2D eigenvalue weighted by molar-refractivity contribution is -0.157. The van der Waals surface area contributed by atoms with Crippen molar-refractivity contribution >= 4 is 39.0 Å². The van der Waals surface area contributed by atoms with Gasteiger partial charge in [-0.15, -0.1) is 11.3 Å². The number of carbonyl (C=O) groups excluding carboxylic acids is 3. The standard InChI is InChI=1S/C17H24N2O6S2/c1-10(2)14(19-16(21)13-5-4-7-26-13)17(22)25-11(3)15(20)18-12-6-8-27(23,24)9-12/h4-5,7,10-12,14H,6,8-9H2,1-3H3,(H,18,20)(H,19,21)/t11-,12-,14-/m1/s1. The fraction of sp³-hybridized carbons (Fsp3) is 0.588. The van der Waals surface area contributed by atoms with Gasteiger partial charge in [0.2, 0.25) is 0 Å². The molecule has 0 unspecified atom stereocenters. The second-order valence-corrected chi connectivity index (χ2v) is 10.0. The van der Waals surface area contributed by atoms with Gasteiger partial charge in [-0.1, -0.05) is 19.9 Å². The molecule has 1 saturated heterocycles. The Balaban J connectivity index is 1.91. The predicted molar refractivity (Wildman–Crippen MR) is 101 cm³/mol. The first-order valence-corrected chi connectivity index (χ1v) is 11.3. The summed E-state index contributed by atoms with van der Waals surface area (Å²) >= 11 is 1.26. The number of esters is 1. The SMILES string of the molecule is CC(C)[C@@H](NC(=O)c1cccs1)C(=O)O[C@H](C)C(=O)N[C@@H]1CCS(=O)(=O)C1. The first-order valence-electron chi connectivity index (χ1n) is 8.64. The Bertz CT molecular complexity index is 788. The van der Waals surface area contributed by atoms with Crippen LogP contribution in [0.2, 0.25) is 0 Å². The molecule has 2 amide bonds. The third kappa shape index (κ3) is 6.03. The fourth-order valence-electron chi connectivity index (χ4n) is 2.65. The minimum absolute atomic E-state index is 0.0380. The molecule has 0 radical (unpaired) electrons. The molecule has 1 aromatic heterocycles. The first kappa shape index (κ1) is 21.4. The van der Waals surface area contributed by atoms with E-state index in [1.807, 2.05) is 0 Å². The van der Waals surface area contributed by atoms with Crippen molar-refractivity contribution in [2.75, 3.05) is 11.5 Å². The minimum Gasteiger partial charge on any atom is -0.451 e. The van der Waals surface area contributed by atoms with E-state index < -0.39 is 39.9 Å². The molecule has 1 aromatic rings. The van der Waals surface area contributed by atoms with Crippen molar-refractivity contribution in [3.05, 3.63) is 22.4 Å². The van der Waals surface area contributed by atoms with E-state index in [4.69, 9.17) is 4.74 Å². The number of sulfone groups is 1. The highest BCUT2D eigenvalue weighted by molar-refractivity contribution is 7.91. The third-order valence-electron chi connectivity index (χ3n) is 4.19. The smallest absolute Gasteiger partial charge is 0.329 e. The van der Waals surface area contributed by atoms with Gasteiger partial charge >= 0.3 is 5.97 Å². The number of ether oxygens (including phenoxy) is 1. The zero-order valence-corrected chi connectivity index (χ0v) is 17.1. The molecular weight excluding hydrogens is 392 g/mol.